The minimum Gasteiger partial charge on any atom is -0.103 e. The van der Waals surface area contributed by atoms with Gasteiger partial charge in [0.05, 0.1) is 0 Å². The molecule has 0 bridgehead atoms. The van der Waals surface area contributed by atoms with Crippen molar-refractivity contribution >= 4 is 0 Å². The summed E-state index contributed by atoms with van der Waals surface area (Å²) in [5.74, 6) is 0. The van der Waals surface area contributed by atoms with Crippen LogP contribution >= 0.6 is 0 Å². The topological polar surface area (TPSA) is 0 Å². The molecule has 0 heterocycles. The third kappa shape index (κ3) is 3.75. The van der Waals surface area contributed by atoms with Crippen LogP contribution in [0.3, 0.4) is 0 Å². The second kappa shape index (κ2) is 6.23. The maximum absolute atomic E-state index is 3.79. The molecule has 0 radical (unpaired) electrons. The molecule has 0 unspecified atom stereocenters. The first-order valence-corrected chi connectivity index (χ1v) is 5.63. The highest BCUT2D eigenvalue weighted by Gasteiger charge is 1.99. The zero-order valence-corrected chi connectivity index (χ0v) is 9.63. The highest BCUT2D eigenvalue weighted by atomic mass is 14.0. The summed E-state index contributed by atoms with van der Waals surface area (Å²) >= 11 is 0. The summed E-state index contributed by atoms with van der Waals surface area (Å²) in [6, 6.07) is 6.83. The molecule has 1 rings (SSSR count). The van der Waals surface area contributed by atoms with Crippen LogP contribution in [0.5, 0.6) is 0 Å². The summed E-state index contributed by atoms with van der Waals surface area (Å²) in [7, 11) is 0. The van der Waals surface area contributed by atoms with Crippen LogP contribution < -0.4 is 0 Å². The van der Waals surface area contributed by atoms with Crippen molar-refractivity contribution in [1.82, 2.24) is 0 Å². The molecule has 0 saturated heterocycles. The van der Waals surface area contributed by atoms with E-state index >= 15 is 0 Å². The van der Waals surface area contributed by atoms with E-state index in [2.05, 4.69) is 38.3 Å². The lowest BCUT2D eigenvalue weighted by Gasteiger charge is -2.06. The van der Waals surface area contributed by atoms with Crippen molar-refractivity contribution < 1.29 is 0 Å². The van der Waals surface area contributed by atoms with Gasteiger partial charge in [-0.1, -0.05) is 43.7 Å². The van der Waals surface area contributed by atoms with E-state index in [9.17, 15) is 0 Å². The molecule has 0 atom stereocenters. The number of hydrogen-bond donors (Lipinski definition) is 0. The first-order valence-electron chi connectivity index (χ1n) is 5.63. The highest BCUT2D eigenvalue weighted by Crippen LogP contribution is 2.14. The summed E-state index contributed by atoms with van der Waals surface area (Å²) in [6.45, 7) is 9.79. The predicted molar refractivity (Wildman–Crippen MR) is 68.2 cm³/mol. The predicted octanol–water partition coefficient (Wildman–Crippen LogP) is 4.10. The van der Waals surface area contributed by atoms with E-state index in [-0.39, 0.29) is 0 Å². The van der Waals surface area contributed by atoms with Gasteiger partial charge < -0.3 is 0 Å². The number of rotatable bonds is 6. The number of hydrogen-bond acceptors (Lipinski definition) is 0. The van der Waals surface area contributed by atoms with Gasteiger partial charge in [0.15, 0.2) is 0 Å². The van der Waals surface area contributed by atoms with Gasteiger partial charge in [-0.15, -0.1) is 13.2 Å². The van der Waals surface area contributed by atoms with E-state index < -0.39 is 0 Å². The summed E-state index contributed by atoms with van der Waals surface area (Å²) in [6.07, 6.45) is 8.20. The third-order valence-corrected chi connectivity index (χ3v) is 2.41. The summed E-state index contributed by atoms with van der Waals surface area (Å²) in [4.78, 5) is 0. The van der Waals surface area contributed by atoms with Crippen molar-refractivity contribution in [3.8, 4) is 0 Å². The molecule has 0 spiro atoms. The summed E-state index contributed by atoms with van der Waals surface area (Å²) in [5, 5.41) is 0. The van der Waals surface area contributed by atoms with Crippen molar-refractivity contribution in [3.05, 3.63) is 60.2 Å². The molecule has 1 aromatic carbocycles. The summed E-state index contributed by atoms with van der Waals surface area (Å²) in [5.41, 5.74) is 4.18. The molecule has 80 valence electrons. The molecule has 0 fully saturated rings. The molecular formula is C15H20. The van der Waals surface area contributed by atoms with Crippen LogP contribution in [-0.2, 0) is 19.3 Å². The molecule has 0 aliphatic heterocycles. The Labute approximate surface area is 93.3 Å². The molecule has 0 saturated carbocycles. The van der Waals surface area contributed by atoms with E-state index in [1.54, 1.807) is 0 Å². The van der Waals surface area contributed by atoms with Gasteiger partial charge in [0.1, 0.15) is 0 Å². The van der Waals surface area contributed by atoms with Gasteiger partial charge in [-0.2, -0.15) is 0 Å². The first kappa shape index (κ1) is 11.8. The van der Waals surface area contributed by atoms with Gasteiger partial charge in [-0.3, -0.25) is 0 Å². The molecular weight excluding hydrogens is 180 g/mol. The van der Waals surface area contributed by atoms with Crippen molar-refractivity contribution in [2.45, 2.75) is 32.6 Å². The lowest BCUT2D eigenvalue weighted by atomic mass is 9.99. The van der Waals surface area contributed by atoms with Gasteiger partial charge in [0.25, 0.3) is 0 Å². The van der Waals surface area contributed by atoms with Crippen LogP contribution in [0.2, 0.25) is 0 Å². The Kier molecular flexibility index (Phi) is 4.89. The second-order valence-electron chi connectivity index (χ2n) is 3.89. The normalized spacial score (nSPS) is 9.93. The van der Waals surface area contributed by atoms with E-state index in [0.717, 1.165) is 19.3 Å². The first-order chi connectivity index (χ1) is 7.30. The van der Waals surface area contributed by atoms with Crippen molar-refractivity contribution in [1.29, 1.82) is 0 Å². The Hall–Kier alpha value is -1.30. The Morgan fingerprint density at radius 3 is 1.80 bits per heavy atom. The number of benzene rings is 1. The second-order valence-corrected chi connectivity index (χ2v) is 3.89. The van der Waals surface area contributed by atoms with Crippen LogP contribution in [0.15, 0.2) is 43.5 Å². The number of allylic oxidation sites excluding steroid dienone is 2. The maximum atomic E-state index is 3.79. The highest BCUT2D eigenvalue weighted by molar-refractivity contribution is 5.32. The standard InChI is InChI=1S/C15H20/c1-4-7-13-10-14(8-5-2)12-15(11-13)9-6-3/h4-5,10-12H,1-2,6-9H2,3H3. The lowest BCUT2D eigenvalue weighted by molar-refractivity contribution is 0.915. The van der Waals surface area contributed by atoms with E-state index in [4.69, 9.17) is 0 Å². The smallest absolute Gasteiger partial charge is 0.00999 e. The Balaban J connectivity index is 2.95. The molecule has 1 aromatic rings. The fourth-order valence-corrected chi connectivity index (χ4v) is 1.84. The quantitative estimate of drug-likeness (QED) is 0.607. The molecule has 0 heteroatoms. The van der Waals surface area contributed by atoms with Gasteiger partial charge in [-0.05, 0) is 36.0 Å². The van der Waals surface area contributed by atoms with Gasteiger partial charge in [-0.25, -0.2) is 0 Å². The van der Waals surface area contributed by atoms with Crippen LogP contribution in [0, 0.1) is 0 Å². The zero-order chi connectivity index (χ0) is 11.1. The molecule has 0 nitrogen and oxygen atoms in total. The lowest BCUT2D eigenvalue weighted by Crippen LogP contribution is -1.92. The van der Waals surface area contributed by atoms with Gasteiger partial charge in [0.2, 0.25) is 0 Å². The Bertz CT molecular complexity index is 306. The Morgan fingerprint density at radius 2 is 1.40 bits per heavy atom. The van der Waals surface area contributed by atoms with Crippen molar-refractivity contribution in [3.63, 3.8) is 0 Å². The van der Waals surface area contributed by atoms with Gasteiger partial charge in [0, 0.05) is 0 Å². The molecule has 0 N–H and O–H groups in total. The Morgan fingerprint density at radius 1 is 0.933 bits per heavy atom. The van der Waals surface area contributed by atoms with E-state index in [1.807, 2.05) is 12.2 Å². The van der Waals surface area contributed by atoms with Crippen molar-refractivity contribution in [2.75, 3.05) is 0 Å². The average molecular weight is 200 g/mol. The van der Waals surface area contributed by atoms with Crippen LogP contribution in [0.1, 0.15) is 30.0 Å². The minimum atomic E-state index is 0.960. The molecule has 15 heavy (non-hydrogen) atoms. The van der Waals surface area contributed by atoms with Gasteiger partial charge >= 0.3 is 0 Å². The maximum Gasteiger partial charge on any atom is -0.00999 e. The number of aryl methyl sites for hydroxylation is 1. The monoisotopic (exact) mass is 200 g/mol. The van der Waals surface area contributed by atoms with Crippen LogP contribution in [0.25, 0.3) is 0 Å². The minimum absolute atomic E-state index is 0.960. The van der Waals surface area contributed by atoms with Crippen LogP contribution in [0.4, 0.5) is 0 Å². The fourth-order valence-electron chi connectivity index (χ4n) is 1.84. The zero-order valence-electron chi connectivity index (χ0n) is 9.63. The molecule has 0 aliphatic rings. The van der Waals surface area contributed by atoms with Crippen molar-refractivity contribution in [2.24, 2.45) is 0 Å². The summed E-state index contributed by atoms with van der Waals surface area (Å²) < 4.78 is 0. The fraction of sp³-hybridized carbons (Fsp3) is 0.333. The van der Waals surface area contributed by atoms with E-state index in [0.29, 0.717) is 0 Å². The molecule has 0 amide bonds. The van der Waals surface area contributed by atoms with Crippen LogP contribution in [-0.4, -0.2) is 0 Å². The largest absolute Gasteiger partial charge is 0.103 e. The van der Waals surface area contributed by atoms with E-state index in [1.165, 1.54) is 23.1 Å². The molecule has 0 aromatic heterocycles. The average Bonchev–Trinajstić information content (AvgIpc) is 2.19. The third-order valence-electron chi connectivity index (χ3n) is 2.41. The SMILES string of the molecule is C=CCc1cc(CC=C)cc(CCC)c1. The molecule has 0 aliphatic carbocycles.